The van der Waals surface area contributed by atoms with E-state index in [1.807, 2.05) is 0 Å². The Morgan fingerprint density at radius 2 is 2.05 bits per heavy atom. The molecule has 1 fully saturated rings. The van der Waals surface area contributed by atoms with Crippen LogP contribution in [0.1, 0.15) is 40.0 Å². The van der Waals surface area contributed by atoms with Gasteiger partial charge in [0.2, 0.25) is 5.91 Å². The van der Waals surface area contributed by atoms with Crippen LogP contribution < -0.4 is 0 Å². The standard InChI is InChI=1S/C15H23NO5/c1-6-7-8-10-9-11(13(18)20-5)16(12(10)17)14(19)21-15(2,3)4/h6,10-11H,1,7-9H2,2-5H3/t10-,11-/m0/s1. The van der Waals surface area contributed by atoms with Crippen LogP contribution in [0.2, 0.25) is 0 Å². The highest BCUT2D eigenvalue weighted by atomic mass is 16.6. The number of carbonyl (C=O) groups is 3. The molecule has 1 aliphatic heterocycles. The number of imide groups is 1. The number of methoxy groups -OCH3 is 1. The van der Waals surface area contributed by atoms with Gasteiger partial charge < -0.3 is 9.47 Å². The predicted molar refractivity (Wildman–Crippen MR) is 76.4 cm³/mol. The summed E-state index contributed by atoms with van der Waals surface area (Å²) in [5.74, 6) is -1.38. The van der Waals surface area contributed by atoms with Crippen LogP contribution >= 0.6 is 0 Å². The molecule has 0 aromatic rings. The molecule has 21 heavy (non-hydrogen) atoms. The van der Waals surface area contributed by atoms with Gasteiger partial charge in [-0.1, -0.05) is 6.08 Å². The zero-order chi connectivity index (χ0) is 16.2. The summed E-state index contributed by atoms with van der Waals surface area (Å²) in [6.07, 6.45) is 2.36. The summed E-state index contributed by atoms with van der Waals surface area (Å²) in [7, 11) is 1.23. The Labute approximate surface area is 125 Å². The zero-order valence-corrected chi connectivity index (χ0v) is 13.0. The van der Waals surface area contributed by atoms with Gasteiger partial charge in [0.25, 0.3) is 0 Å². The molecule has 1 saturated heterocycles. The molecule has 0 aromatic carbocycles. The number of rotatable bonds is 4. The van der Waals surface area contributed by atoms with E-state index in [-0.39, 0.29) is 18.2 Å². The molecule has 6 heteroatoms. The molecule has 0 aliphatic carbocycles. The van der Waals surface area contributed by atoms with Gasteiger partial charge in [-0.05, 0) is 40.0 Å². The van der Waals surface area contributed by atoms with E-state index >= 15 is 0 Å². The second kappa shape index (κ2) is 6.74. The molecule has 1 aliphatic rings. The van der Waals surface area contributed by atoms with Crippen LogP contribution in [0, 0.1) is 5.92 Å². The third-order valence-corrected chi connectivity index (χ3v) is 3.19. The van der Waals surface area contributed by atoms with Crippen molar-refractivity contribution in [3.05, 3.63) is 12.7 Å². The quantitative estimate of drug-likeness (QED) is 0.588. The number of likely N-dealkylation sites (tertiary alicyclic amines) is 1. The minimum Gasteiger partial charge on any atom is -0.467 e. The average molecular weight is 297 g/mol. The van der Waals surface area contributed by atoms with Crippen LogP contribution in [0.5, 0.6) is 0 Å². The molecule has 1 rings (SSSR count). The van der Waals surface area contributed by atoms with Crippen molar-refractivity contribution in [2.45, 2.75) is 51.7 Å². The monoisotopic (exact) mass is 297 g/mol. The van der Waals surface area contributed by atoms with Crippen molar-refractivity contribution < 1.29 is 23.9 Å². The minimum atomic E-state index is -0.910. The Hall–Kier alpha value is -1.85. The molecule has 118 valence electrons. The molecule has 1 heterocycles. The topological polar surface area (TPSA) is 72.9 Å². The molecule has 0 radical (unpaired) electrons. The third-order valence-electron chi connectivity index (χ3n) is 3.19. The van der Waals surface area contributed by atoms with Crippen molar-refractivity contribution in [3.63, 3.8) is 0 Å². The molecule has 0 unspecified atom stereocenters. The fourth-order valence-corrected chi connectivity index (χ4v) is 2.25. The Morgan fingerprint density at radius 3 is 2.52 bits per heavy atom. The van der Waals surface area contributed by atoms with Crippen LogP contribution in [-0.2, 0) is 19.1 Å². The SMILES string of the molecule is C=CCC[C@H]1C[C@@H](C(=O)OC)N(C(=O)OC(C)(C)C)C1=O. The Bertz CT molecular complexity index is 438. The summed E-state index contributed by atoms with van der Waals surface area (Å²) >= 11 is 0. The van der Waals surface area contributed by atoms with E-state index in [1.165, 1.54) is 7.11 Å². The first-order chi connectivity index (χ1) is 9.71. The van der Waals surface area contributed by atoms with Gasteiger partial charge in [0.1, 0.15) is 11.6 Å². The maximum absolute atomic E-state index is 12.4. The normalized spacial score (nSPS) is 22.1. The van der Waals surface area contributed by atoms with Gasteiger partial charge in [0.15, 0.2) is 0 Å². The van der Waals surface area contributed by atoms with E-state index < -0.39 is 23.7 Å². The van der Waals surface area contributed by atoms with Gasteiger partial charge in [-0.3, -0.25) is 4.79 Å². The van der Waals surface area contributed by atoms with Crippen LogP contribution in [0.15, 0.2) is 12.7 Å². The van der Waals surface area contributed by atoms with Crippen molar-refractivity contribution in [2.75, 3.05) is 7.11 Å². The Kier molecular flexibility index (Phi) is 5.52. The van der Waals surface area contributed by atoms with E-state index in [1.54, 1.807) is 26.8 Å². The molecule has 2 amide bonds. The molecule has 0 N–H and O–H groups in total. The number of esters is 1. The minimum absolute atomic E-state index is 0.262. The third kappa shape index (κ3) is 4.31. The summed E-state index contributed by atoms with van der Waals surface area (Å²) in [6, 6.07) is -0.910. The second-order valence-corrected chi connectivity index (χ2v) is 6.03. The molecular formula is C15H23NO5. The molecular weight excluding hydrogens is 274 g/mol. The van der Waals surface area contributed by atoms with E-state index in [0.29, 0.717) is 12.8 Å². The zero-order valence-electron chi connectivity index (χ0n) is 13.0. The van der Waals surface area contributed by atoms with Crippen molar-refractivity contribution in [2.24, 2.45) is 5.92 Å². The number of ether oxygens (including phenoxy) is 2. The van der Waals surface area contributed by atoms with Gasteiger partial charge in [0.05, 0.1) is 7.11 Å². The van der Waals surface area contributed by atoms with Gasteiger partial charge in [-0.15, -0.1) is 6.58 Å². The Balaban J connectivity index is 2.94. The molecule has 0 bridgehead atoms. The van der Waals surface area contributed by atoms with Crippen molar-refractivity contribution in [1.29, 1.82) is 0 Å². The molecule has 6 nitrogen and oxygen atoms in total. The van der Waals surface area contributed by atoms with E-state index in [0.717, 1.165) is 4.90 Å². The smallest absolute Gasteiger partial charge is 0.417 e. The average Bonchev–Trinajstić information content (AvgIpc) is 2.70. The summed E-state index contributed by atoms with van der Waals surface area (Å²) in [5, 5.41) is 0. The fraction of sp³-hybridized carbons (Fsp3) is 0.667. The van der Waals surface area contributed by atoms with Crippen LogP contribution in [0.3, 0.4) is 0 Å². The number of carbonyl (C=O) groups excluding carboxylic acids is 3. The summed E-state index contributed by atoms with van der Waals surface area (Å²) < 4.78 is 9.89. The van der Waals surface area contributed by atoms with E-state index in [2.05, 4.69) is 11.3 Å². The van der Waals surface area contributed by atoms with E-state index in [9.17, 15) is 14.4 Å². The first kappa shape index (κ1) is 17.2. The lowest BCUT2D eigenvalue weighted by atomic mass is 9.99. The first-order valence-corrected chi connectivity index (χ1v) is 6.96. The molecule has 0 spiro atoms. The van der Waals surface area contributed by atoms with Crippen molar-refractivity contribution in [3.8, 4) is 0 Å². The van der Waals surface area contributed by atoms with Gasteiger partial charge in [-0.2, -0.15) is 0 Å². The molecule has 0 saturated carbocycles. The number of amides is 2. The predicted octanol–water partition coefficient (Wildman–Crippen LogP) is 2.28. The first-order valence-electron chi connectivity index (χ1n) is 6.96. The van der Waals surface area contributed by atoms with Gasteiger partial charge >= 0.3 is 12.1 Å². The number of nitrogens with zero attached hydrogens (tertiary/aromatic N) is 1. The largest absolute Gasteiger partial charge is 0.467 e. The molecule has 0 aromatic heterocycles. The summed E-state index contributed by atoms with van der Waals surface area (Å²) in [4.78, 5) is 37.2. The molecule has 2 atom stereocenters. The summed E-state index contributed by atoms with van der Waals surface area (Å²) in [6.45, 7) is 8.72. The highest BCUT2D eigenvalue weighted by Gasteiger charge is 2.48. The van der Waals surface area contributed by atoms with Crippen LogP contribution in [0.4, 0.5) is 4.79 Å². The van der Waals surface area contributed by atoms with E-state index in [4.69, 9.17) is 4.74 Å². The highest BCUT2D eigenvalue weighted by molar-refractivity contribution is 6.00. The lowest BCUT2D eigenvalue weighted by Crippen LogP contribution is -2.46. The van der Waals surface area contributed by atoms with Crippen molar-refractivity contribution in [1.82, 2.24) is 4.90 Å². The summed E-state index contributed by atoms with van der Waals surface area (Å²) in [5.41, 5.74) is -0.739. The van der Waals surface area contributed by atoms with Crippen molar-refractivity contribution >= 4 is 18.0 Å². The maximum Gasteiger partial charge on any atom is 0.417 e. The maximum atomic E-state index is 12.4. The number of hydrogen-bond acceptors (Lipinski definition) is 5. The van der Waals surface area contributed by atoms with Gasteiger partial charge in [-0.25, -0.2) is 14.5 Å². The second-order valence-electron chi connectivity index (χ2n) is 6.03. The van der Waals surface area contributed by atoms with Crippen LogP contribution in [-0.4, -0.2) is 41.6 Å². The fourth-order valence-electron chi connectivity index (χ4n) is 2.25. The van der Waals surface area contributed by atoms with Gasteiger partial charge in [0, 0.05) is 5.92 Å². The lowest BCUT2D eigenvalue weighted by molar-refractivity contribution is -0.148. The lowest BCUT2D eigenvalue weighted by Gasteiger charge is -2.26. The Morgan fingerprint density at radius 1 is 1.43 bits per heavy atom. The number of allylic oxidation sites excluding steroid dienone is 1. The van der Waals surface area contributed by atoms with Crippen LogP contribution in [0.25, 0.3) is 0 Å². The highest BCUT2D eigenvalue weighted by Crippen LogP contribution is 2.30. The number of hydrogen-bond donors (Lipinski definition) is 0.